The zero-order valence-corrected chi connectivity index (χ0v) is 11.4. The van der Waals surface area contributed by atoms with Gasteiger partial charge in [-0.1, -0.05) is 30.3 Å². The Kier molecular flexibility index (Phi) is 4.95. The smallest absolute Gasteiger partial charge is 0.410 e. The number of cyclic esters (lactones) is 1. The predicted octanol–water partition coefficient (Wildman–Crippen LogP) is 0.770. The molecule has 0 aliphatic carbocycles. The first kappa shape index (κ1) is 14.3. The van der Waals surface area contributed by atoms with Crippen molar-refractivity contribution in [1.29, 1.82) is 0 Å². The van der Waals surface area contributed by atoms with Crippen LogP contribution in [0.3, 0.4) is 0 Å². The van der Waals surface area contributed by atoms with Gasteiger partial charge in [-0.05, 0) is 5.56 Å². The number of rotatable bonds is 6. The first-order chi connectivity index (χ1) is 9.72. The number of nitrogens with zero attached hydrogens (tertiary/aromatic N) is 1. The molecule has 1 aromatic rings. The molecule has 1 aromatic carbocycles. The van der Waals surface area contributed by atoms with Crippen LogP contribution in [0.25, 0.3) is 0 Å². The molecule has 1 fully saturated rings. The molecule has 1 N–H and O–H groups in total. The molecule has 0 unspecified atom stereocenters. The van der Waals surface area contributed by atoms with Gasteiger partial charge in [0.05, 0.1) is 13.2 Å². The van der Waals surface area contributed by atoms with E-state index in [1.165, 1.54) is 4.90 Å². The average molecular weight is 278 g/mol. The van der Waals surface area contributed by atoms with E-state index in [9.17, 15) is 9.59 Å². The molecule has 0 bridgehead atoms. The number of hydrogen-bond acceptors (Lipinski definition) is 4. The monoisotopic (exact) mass is 278 g/mol. The lowest BCUT2D eigenvalue weighted by Gasteiger charge is -2.20. The van der Waals surface area contributed by atoms with E-state index in [0.717, 1.165) is 5.56 Å². The molecule has 20 heavy (non-hydrogen) atoms. The Bertz CT molecular complexity index is 464. The van der Waals surface area contributed by atoms with Crippen LogP contribution < -0.4 is 5.32 Å². The molecule has 0 aromatic heterocycles. The molecule has 2 rings (SSSR count). The maximum atomic E-state index is 12.0. The molecular formula is C14H18N2O4. The van der Waals surface area contributed by atoms with Crippen molar-refractivity contribution in [2.75, 3.05) is 26.9 Å². The molecule has 2 amide bonds. The van der Waals surface area contributed by atoms with E-state index in [1.54, 1.807) is 7.11 Å². The van der Waals surface area contributed by atoms with Crippen molar-refractivity contribution >= 4 is 12.0 Å². The summed E-state index contributed by atoms with van der Waals surface area (Å²) in [6, 6.07) is 8.92. The molecule has 1 aliphatic rings. The van der Waals surface area contributed by atoms with Crippen molar-refractivity contribution in [1.82, 2.24) is 10.2 Å². The summed E-state index contributed by atoms with van der Waals surface area (Å²) in [5, 5.41) is 2.72. The fraction of sp³-hybridized carbons (Fsp3) is 0.429. The third-order valence-corrected chi connectivity index (χ3v) is 3.08. The summed E-state index contributed by atoms with van der Waals surface area (Å²) in [6.45, 7) is 1.30. The van der Waals surface area contributed by atoms with E-state index >= 15 is 0 Å². The molecule has 1 heterocycles. The first-order valence-electron chi connectivity index (χ1n) is 6.46. The van der Waals surface area contributed by atoms with Gasteiger partial charge in [0.1, 0.15) is 12.6 Å². The highest BCUT2D eigenvalue weighted by molar-refractivity contribution is 5.87. The Balaban J connectivity index is 1.97. The number of ether oxygens (including phenoxy) is 2. The topological polar surface area (TPSA) is 67.9 Å². The van der Waals surface area contributed by atoms with Crippen molar-refractivity contribution in [2.45, 2.75) is 12.6 Å². The Hall–Kier alpha value is -2.08. The second-order valence-electron chi connectivity index (χ2n) is 4.49. The maximum absolute atomic E-state index is 12.0. The van der Waals surface area contributed by atoms with E-state index < -0.39 is 12.1 Å². The number of methoxy groups -OCH3 is 1. The number of carbonyl (C=O) groups excluding carboxylic acids is 2. The van der Waals surface area contributed by atoms with Crippen molar-refractivity contribution in [3.05, 3.63) is 35.9 Å². The lowest BCUT2D eigenvalue weighted by Crippen LogP contribution is -2.46. The Labute approximate surface area is 117 Å². The predicted molar refractivity (Wildman–Crippen MR) is 72.0 cm³/mol. The zero-order valence-electron chi connectivity index (χ0n) is 11.4. The summed E-state index contributed by atoms with van der Waals surface area (Å²) in [5.41, 5.74) is 0.959. The fourth-order valence-corrected chi connectivity index (χ4v) is 2.02. The summed E-state index contributed by atoms with van der Waals surface area (Å²) < 4.78 is 9.84. The van der Waals surface area contributed by atoms with Crippen LogP contribution in [0.15, 0.2) is 30.3 Å². The Morgan fingerprint density at radius 2 is 2.20 bits per heavy atom. The van der Waals surface area contributed by atoms with Gasteiger partial charge in [-0.2, -0.15) is 0 Å². The van der Waals surface area contributed by atoms with E-state index in [-0.39, 0.29) is 12.5 Å². The van der Waals surface area contributed by atoms with E-state index in [2.05, 4.69) is 5.32 Å². The number of benzene rings is 1. The third-order valence-electron chi connectivity index (χ3n) is 3.08. The average Bonchev–Trinajstić information content (AvgIpc) is 2.82. The summed E-state index contributed by atoms with van der Waals surface area (Å²) in [7, 11) is 1.57. The summed E-state index contributed by atoms with van der Waals surface area (Å²) in [5.74, 6) is -0.219. The van der Waals surface area contributed by atoms with Gasteiger partial charge in [0.15, 0.2) is 0 Å². The Morgan fingerprint density at radius 1 is 1.45 bits per heavy atom. The van der Waals surface area contributed by atoms with Gasteiger partial charge in [-0.3, -0.25) is 9.69 Å². The van der Waals surface area contributed by atoms with E-state index in [4.69, 9.17) is 9.47 Å². The highest BCUT2D eigenvalue weighted by Crippen LogP contribution is 2.16. The minimum Gasteiger partial charge on any atom is -0.447 e. The summed E-state index contributed by atoms with van der Waals surface area (Å²) in [6.07, 6.45) is -0.458. The number of amides is 2. The highest BCUT2D eigenvalue weighted by atomic mass is 16.6. The lowest BCUT2D eigenvalue weighted by atomic mass is 10.2. The third kappa shape index (κ3) is 3.48. The second-order valence-corrected chi connectivity index (χ2v) is 4.49. The fourth-order valence-electron chi connectivity index (χ4n) is 2.02. The van der Waals surface area contributed by atoms with Crippen LogP contribution in [0.5, 0.6) is 0 Å². The molecular weight excluding hydrogens is 260 g/mol. The molecule has 1 atom stereocenters. The van der Waals surface area contributed by atoms with Crippen LogP contribution in [-0.2, 0) is 20.8 Å². The molecule has 0 spiro atoms. The van der Waals surface area contributed by atoms with Crippen LogP contribution >= 0.6 is 0 Å². The largest absolute Gasteiger partial charge is 0.447 e. The van der Waals surface area contributed by atoms with Crippen LogP contribution in [0.1, 0.15) is 5.56 Å². The van der Waals surface area contributed by atoms with Crippen LogP contribution in [0.4, 0.5) is 4.79 Å². The van der Waals surface area contributed by atoms with E-state index in [0.29, 0.717) is 19.7 Å². The maximum Gasteiger partial charge on any atom is 0.410 e. The molecule has 1 aliphatic heterocycles. The first-order valence-corrected chi connectivity index (χ1v) is 6.46. The van der Waals surface area contributed by atoms with Gasteiger partial charge in [-0.15, -0.1) is 0 Å². The second kappa shape index (κ2) is 6.91. The van der Waals surface area contributed by atoms with Crippen LogP contribution in [0.2, 0.25) is 0 Å². The van der Waals surface area contributed by atoms with Crippen molar-refractivity contribution in [3.8, 4) is 0 Å². The normalized spacial score (nSPS) is 17.9. The van der Waals surface area contributed by atoms with Gasteiger partial charge in [0.25, 0.3) is 0 Å². The number of hydrogen-bond donors (Lipinski definition) is 1. The summed E-state index contributed by atoms with van der Waals surface area (Å²) >= 11 is 0. The standard InChI is InChI=1S/C14H18N2O4/c1-19-8-7-15-13(17)12-10-20-14(18)16(12)9-11-5-3-2-4-6-11/h2-6,12H,7-10H2,1H3,(H,15,17)/t12-/m0/s1. The molecule has 0 radical (unpaired) electrons. The number of carbonyl (C=O) groups is 2. The highest BCUT2D eigenvalue weighted by Gasteiger charge is 2.37. The van der Waals surface area contributed by atoms with Crippen molar-refractivity contribution in [2.24, 2.45) is 0 Å². The van der Waals surface area contributed by atoms with Gasteiger partial charge in [0.2, 0.25) is 5.91 Å². The SMILES string of the molecule is COCCNC(=O)[C@@H]1COC(=O)N1Cc1ccccc1. The molecule has 108 valence electrons. The van der Waals surface area contributed by atoms with Crippen LogP contribution in [-0.4, -0.2) is 49.8 Å². The molecule has 1 saturated heterocycles. The van der Waals surface area contributed by atoms with Gasteiger partial charge < -0.3 is 14.8 Å². The zero-order chi connectivity index (χ0) is 14.4. The quantitative estimate of drug-likeness (QED) is 0.780. The van der Waals surface area contributed by atoms with Gasteiger partial charge in [-0.25, -0.2) is 4.79 Å². The van der Waals surface area contributed by atoms with Gasteiger partial charge in [0, 0.05) is 13.7 Å². The van der Waals surface area contributed by atoms with Crippen LogP contribution in [0, 0.1) is 0 Å². The minimum absolute atomic E-state index is 0.0878. The molecule has 6 nitrogen and oxygen atoms in total. The Morgan fingerprint density at radius 3 is 2.90 bits per heavy atom. The molecule has 0 saturated carbocycles. The summed E-state index contributed by atoms with van der Waals surface area (Å²) in [4.78, 5) is 25.2. The molecule has 6 heteroatoms. The number of nitrogens with one attached hydrogen (secondary N) is 1. The van der Waals surface area contributed by atoms with Crippen molar-refractivity contribution in [3.63, 3.8) is 0 Å². The van der Waals surface area contributed by atoms with Crippen molar-refractivity contribution < 1.29 is 19.1 Å². The van der Waals surface area contributed by atoms with Gasteiger partial charge >= 0.3 is 6.09 Å². The minimum atomic E-state index is -0.584. The van der Waals surface area contributed by atoms with E-state index in [1.807, 2.05) is 30.3 Å². The lowest BCUT2D eigenvalue weighted by molar-refractivity contribution is -0.125.